The molecule has 118 valence electrons. The van der Waals surface area contributed by atoms with Gasteiger partial charge in [-0.05, 0) is 55.3 Å². The van der Waals surface area contributed by atoms with Gasteiger partial charge in [0.05, 0.1) is 19.8 Å². The molecule has 0 spiro atoms. The molecule has 0 atom stereocenters. The third kappa shape index (κ3) is 5.32. The monoisotopic (exact) mass is 300 g/mol. The fraction of sp³-hybridized carbons (Fsp3) is 0.368. The summed E-state index contributed by atoms with van der Waals surface area (Å²) in [4.78, 5) is 0. The maximum Gasteiger partial charge on any atom is 0.119 e. The van der Waals surface area contributed by atoms with Crippen molar-refractivity contribution in [2.45, 2.75) is 26.7 Å². The van der Waals surface area contributed by atoms with Gasteiger partial charge in [0.2, 0.25) is 0 Å². The lowest BCUT2D eigenvalue weighted by atomic mass is 10.2. The third-order valence-corrected chi connectivity index (χ3v) is 3.29. The molecule has 0 saturated heterocycles. The Morgan fingerprint density at radius 3 is 1.55 bits per heavy atom. The molecule has 0 aromatic heterocycles. The summed E-state index contributed by atoms with van der Waals surface area (Å²) in [6.45, 7) is 6.09. The van der Waals surface area contributed by atoms with Crippen LogP contribution in [-0.4, -0.2) is 19.8 Å². The van der Waals surface area contributed by atoms with Gasteiger partial charge < -0.3 is 14.2 Å². The topological polar surface area (TPSA) is 27.7 Å². The van der Waals surface area contributed by atoms with Gasteiger partial charge in [-0.3, -0.25) is 0 Å². The lowest BCUT2D eigenvalue weighted by molar-refractivity contribution is 0.247. The van der Waals surface area contributed by atoms with Gasteiger partial charge in [-0.2, -0.15) is 0 Å². The van der Waals surface area contributed by atoms with Gasteiger partial charge in [0.15, 0.2) is 0 Å². The van der Waals surface area contributed by atoms with E-state index in [0.717, 1.165) is 30.1 Å². The molecule has 0 unspecified atom stereocenters. The van der Waals surface area contributed by atoms with Crippen molar-refractivity contribution in [3.05, 3.63) is 54.1 Å². The molecule has 0 aliphatic rings. The molecule has 0 fully saturated rings. The Balaban J connectivity index is 1.64. The van der Waals surface area contributed by atoms with Crippen molar-refractivity contribution in [2.75, 3.05) is 19.8 Å². The Morgan fingerprint density at radius 2 is 1.09 bits per heavy atom. The highest BCUT2D eigenvalue weighted by molar-refractivity contribution is 5.31. The van der Waals surface area contributed by atoms with Crippen molar-refractivity contribution in [3.8, 4) is 17.2 Å². The summed E-state index contributed by atoms with van der Waals surface area (Å²) in [7, 11) is 0. The minimum absolute atomic E-state index is 0.640. The molecular weight excluding hydrogens is 276 g/mol. The van der Waals surface area contributed by atoms with E-state index in [4.69, 9.17) is 14.2 Å². The predicted molar refractivity (Wildman–Crippen MR) is 89.0 cm³/mol. The normalized spacial score (nSPS) is 10.3. The molecule has 2 rings (SSSR count). The largest absolute Gasteiger partial charge is 0.494 e. The molecule has 0 N–H and O–H groups in total. The number of benzene rings is 2. The second kappa shape index (κ2) is 8.98. The lowest BCUT2D eigenvalue weighted by Gasteiger charge is -2.09. The fourth-order valence-electron chi connectivity index (χ4n) is 2.06. The van der Waals surface area contributed by atoms with E-state index < -0.39 is 0 Å². The van der Waals surface area contributed by atoms with E-state index >= 15 is 0 Å². The van der Waals surface area contributed by atoms with Crippen LogP contribution in [0.15, 0.2) is 48.5 Å². The molecule has 0 aliphatic carbocycles. The zero-order chi connectivity index (χ0) is 15.6. The SMILES string of the molecule is CCOc1ccc(OCCCOc2ccc(CC)cc2)cc1. The Morgan fingerprint density at radius 1 is 0.636 bits per heavy atom. The van der Waals surface area contributed by atoms with Crippen LogP contribution in [0.4, 0.5) is 0 Å². The smallest absolute Gasteiger partial charge is 0.119 e. The molecular formula is C19H24O3. The van der Waals surface area contributed by atoms with Crippen molar-refractivity contribution in [1.29, 1.82) is 0 Å². The summed E-state index contributed by atoms with van der Waals surface area (Å²) in [5.74, 6) is 2.64. The van der Waals surface area contributed by atoms with Gasteiger partial charge in [0.1, 0.15) is 17.2 Å². The summed E-state index contributed by atoms with van der Waals surface area (Å²) in [5.41, 5.74) is 1.33. The van der Waals surface area contributed by atoms with Crippen LogP contribution in [0.5, 0.6) is 17.2 Å². The first-order valence-corrected chi connectivity index (χ1v) is 7.89. The number of aryl methyl sites for hydroxylation is 1. The van der Waals surface area contributed by atoms with Crippen LogP contribution in [0.2, 0.25) is 0 Å². The Labute approximate surface area is 132 Å². The first-order chi connectivity index (χ1) is 10.8. The Kier molecular flexibility index (Phi) is 6.62. The first-order valence-electron chi connectivity index (χ1n) is 7.89. The molecule has 0 bridgehead atoms. The molecule has 3 nitrogen and oxygen atoms in total. The van der Waals surface area contributed by atoms with E-state index in [1.165, 1.54) is 5.56 Å². The van der Waals surface area contributed by atoms with Gasteiger partial charge >= 0.3 is 0 Å². The molecule has 2 aromatic rings. The van der Waals surface area contributed by atoms with E-state index in [2.05, 4.69) is 19.1 Å². The van der Waals surface area contributed by atoms with Gasteiger partial charge in [-0.1, -0.05) is 19.1 Å². The van der Waals surface area contributed by atoms with Crippen molar-refractivity contribution >= 4 is 0 Å². The summed E-state index contributed by atoms with van der Waals surface area (Å²) >= 11 is 0. The predicted octanol–water partition coefficient (Wildman–Crippen LogP) is 4.50. The molecule has 22 heavy (non-hydrogen) atoms. The van der Waals surface area contributed by atoms with Crippen molar-refractivity contribution in [1.82, 2.24) is 0 Å². The van der Waals surface area contributed by atoms with E-state index in [1.807, 2.05) is 43.3 Å². The average molecular weight is 300 g/mol. The first kappa shape index (κ1) is 16.2. The molecule has 0 radical (unpaired) electrons. The van der Waals surface area contributed by atoms with Gasteiger partial charge in [-0.15, -0.1) is 0 Å². The van der Waals surface area contributed by atoms with Gasteiger partial charge in [-0.25, -0.2) is 0 Å². The van der Waals surface area contributed by atoms with Crippen LogP contribution in [0, 0.1) is 0 Å². The van der Waals surface area contributed by atoms with Gasteiger partial charge in [0, 0.05) is 6.42 Å². The molecule has 0 aliphatic heterocycles. The van der Waals surface area contributed by atoms with Crippen LogP contribution in [-0.2, 0) is 6.42 Å². The van der Waals surface area contributed by atoms with Crippen molar-refractivity contribution < 1.29 is 14.2 Å². The van der Waals surface area contributed by atoms with Crippen LogP contribution >= 0.6 is 0 Å². The maximum atomic E-state index is 5.69. The zero-order valence-corrected chi connectivity index (χ0v) is 13.4. The van der Waals surface area contributed by atoms with Crippen LogP contribution < -0.4 is 14.2 Å². The highest BCUT2D eigenvalue weighted by Gasteiger charge is 1.97. The van der Waals surface area contributed by atoms with E-state index in [-0.39, 0.29) is 0 Å². The summed E-state index contributed by atoms with van der Waals surface area (Å²) in [6.07, 6.45) is 1.90. The van der Waals surface area contributed by atoms with E-state index in [9.17, 15) is 0 Å². The molecule has 3 heteroatoms. The highest BCUT2D eigenvalue weighted by Crippen LogP contribution is 2.18. The third-order valence-electron chi connectivity index (χ3n) is 3.29. The summed E-state index contributed by atoms with van der Waals surface area (Å²) < 4.78 is 16.8. The quantitative estimate of drug-likeness (QED) is 0.638. The maximum absolute atomic E-state index is 5.69. The number of hydrogen-bond donors (Lipinski definition) is 0. The average Bonchev–Trinajstić information content (AvgIpc) is 2.57. The van der Waals surface area contributed by atoms with Crippen LogP contribution in [0.1, 0.15) is 25.8 Å². The Hall–Kier alpha value is -2.16. The highest BCUT2D eigenvalue weighted by atomic mass is 16.5. The Bertz CT molecular complexity index is 532. The minimum Gasteiger partial charge on any atom is -0.494 e. The second-order valence-corrected chi connectivity index (χ2v) is 4.95. The summed E-state index contributed by atoms with van der Waals surface area (Å²) in [5, 5.41) is 0. The minimum atomic E-state index is 0.640. The standard InChI is InChI=1S/C19H24O3/c1-3-16-6-8-18(9-7-16)21-14-5-15-22-19-12-10-17(11-13-19)20-4-2/h6-13H,3-5,14-15H2,1-2H3. The molecule has 0 amide bonds. The van der Waals surface area contributed by atoms with Crippen molar-refractivity contribution in [2.24, 2.45) is 0 Å². The van der Waals surface area contributed by atoms with Crippen LogP contribution in [0.25, 0.3) is 0 Å². The molecule has 0 saturated carbocycles. The number of ether oxygens (including phenoxy) is 3. The second-order valence-electron chi connectivity index (χ2n) is 4.95. The van der Waals surface area contributed by atoms with E-state index in [1.54, 1.807) is 0 Å². The van der Waals surface area contributed by atoms with Gasteiger partial charge in [0.25, 0.3) is 0 Å². The molecule has 0 heterocycles. The zero-order valence-electron chi connectivity index (χ0n) is 13.4. The van der Waals surface area contributed by atoms with E-state index in [0.29, 0.717) is 19.8 Å². The lowest BCUT2D eigenvalue weighted by Crippen LogP contribution is -2.05. The number of hydrogen-bond acceptors (Lipinski definition) is 3. The fourth-order valence-corrected chi connectivity index (χ4v) is 2.06. The summed E-state index contributed by atoms with van der Waals surface area (Å²) in [6, 6.07) is 15.9. The van der Waals surface area contributed by atoms with Crippen molar-refractivity contribution in [3.63, 3.8) is 0 Å². The van der Waals surface area contributed by atoms with Crippen LogP contribution in [0.3, 0.4) is 0 Å². The molecule has 2 aromatic carbocycles. The number of rotatable bonds is 9.